The molecule has 3 aromatic rings. The van der Waals surface area contributed by atoms with E-state index in [1.165, 1.54) is 35.9 Å². The Bertz CT molecular complexity index is 1280. The lowest BCUT2D eigenvalue weighted by molar-refractivity contribution is 0.324. The Morgan fingerprint density at radius 3 is 2.50 bits per heavy atom. The van der Waals surface area contributed by atoms with Crippen molar-refractivity contribution >= 4 is 5.69 Å². The predicted molar refractivity (Wildman–Crippen MR) is 118 cm³/mol. The molecular weight excluding hydrogens is 414 g/mol. The second-order valence-corrected chi connectivity index (χ2v) is 7.81. The highest BCUT2D eigenvalue weighted by Gasteiger charge is 2.22. The number of aryl methyl sites for hydroxylation is 1. The van der Waals surface area contributed by atoms with Gasteiger partial charge >= 0.3 is 0 Å². The second kappa shape index (κ2) is 8.89. The summed E-state index contributed by atoms with van der Waals surface area (Å²) < 4.78 is 35.3. The molecule has 1 N–H and O–H groups in total. The molecule has 1 aromatic heterocycles. The summed E-state index contributed by atoms with van der Waals surface area (Å²) in [6.45, 7) is 8.95. The van der Waals surface area contributed by atoms with Gasteiger partial charge in [0.25, 0.3) is 5.56 Å². The fourth-order valence-electron chi connectivity index (χ4n) is 3.79. The third kappa shape index (κ3) is 3.99. The predicted octanol–water partition coefficient (Wildman–Crippen LogP) is 4.10. The smallest absolute Gasteiger partial charge is 0.261 e. The number of halogens is 2. The molecule has 0 radical (unpaired) electrons. The van der Waals surface area contributed by atoms with Gasteiger partial charge in [0.1, 0.15) is 11.6 Å². The number of hydrogen-bond acceptors (Lipinski definition) is 4. The third-order valence-corrected chi connectivity index (χ3v) is 5.81. The maximum Gasteiger partial charge on any atom is 0.261 e. The van der Waals surface area contributed by atoms with Crippen LogP contribution in [0.5, 0.6) is 5.75 Å². The van der Waals surface area contributed by atoms with E-state index in [9.17, 15) is 13.6 Å². The number of hydrogen-bond donors (Lipinski definition) is 1. The molecule has 1 aliphatic heterocycles. The fraction of sp³-hybridized carbons (Fsp3) is 0.292. The molecule has 0 aliphatic carbocycles. The van der Waals surface area contributed by atoms with Gasteiger partial charge in [-0.1, -0.05) is 18.2 Å². The number of ether oxygens (including phenoxy) is 1. The van der Waals surface area contributed by atoms with E-state index in [0.717, 1.165) is 19.5 Å². The van der Waals surface area contributed by atoms with Crippen LogP contribution in [0.4, 0.5) is 14.5 Å². The molecule has 0 atom stereocenters. The molecule has 1 aliphatic rings. The first kappa shape index (κ1) is 21.7. The zero-order valence-electron chi connectivity index (χ0n) is 17.8. The largest absolute Gasteiger partial charge is 0.494 e. The standard InChI is InChI=1S/C24H22F2N4O2/c1-27-19-7-5-16(11-17(19)25)23-22(15-6-8-20(32-3)18(26)10-15)24(31)30(2)21(29-23)9-4-14-12-28-13-14/h5-8,10-11,14,28H,4,9,12-13H2,2-3H3. The highest BCUT2D eigenvalue weighted by atomic mass is 19.1. The van der Waals surface area contributed by atoms with E-state index in [1.807, 2.05) is 0 Å². The number of rotatable bonds is 6. The summed E-state index contributed by atoms with van der Waals surface area (Å²) in [6.07, 6.45) is 1.46. The van der Waals surface area contributed by atoms with Gasteiger partial charge in [-0.15, -0.1) is 0 Å². The van der Waals surface area contributed by atoms with Crippen LogP contribution in [0.15, 0.2) is 41.2 Å². The molecule has 1 saturated heterocycles. The van der Waals surface area contributed by atoms with Crippen molar-refractivity contribution in [3.05, 3.63) is 75.6 Å². The molecule has 8 heteroatoms. The Morgan fingerprint density at radius 1 is 1.19 bits per heavy atom. The van der Waals surface area contributed by atoms with Gasteiger partial charge in [0.15, 0.2) is 11.6 Å². The van der Waals surface area contributed by atoms with Crippen molar-refractivity contribution in [3.8, 4) is 28.1 Å². The molecule has 0 amide bonds. The van der Waals surface area contributed by atoms with Crippen molar-refractivity contribution in [3.63, 3.8) is 0 Å². The van der Waals surface area contributed by atoms with Crippen LogP contribution >= 0.6 is 0 Å². The van der Waals surface area contributed by atoms with Crippen LogP contribution in [0.2, 0.25) is 0 Å². The Balaban J connectivity index is 1.90. The Labute approximate surface area is 184 Å². The molecule has 0 saturated carbocycles. The minimum atomic E-state index is -0.700. The van der Waals surface area contributed by atoms with Crippen LogP contribution in [-0.2, 0) is 13.5 Å². The zero-order chi connectivity index (χ0) is 22.8. The highest BCUT2D eigenvalue weighted by molar-refractivity contribution is 5.81. The Kier molecular flexibility index (Phi) is 6.01. The summed E-state index contributed by atoms with van der Waals surface area (Å²) in [5.74, 6) is -0.160. The lowest BCUT2D eigenvalue weighted by Crippen LogP contribution is -2.42. The van der Waals surface area contributed by atoms with Crippen LogP contribution in [0.1, 0.15) is 12.2 Å². The van der Waals surface area contributed by atoms with Crippen molar-refractivity contribution in [2.45, 2.75) is 12.8 Å². The molecule has 4 rings (SSSR count). The van der Waals surface area contributed by atoms with E-state index in [4.69, 9.17) is 16.3 Å². The monoisotopic (exact) mass is 436 g/mol. The molecule has 2 heterocycles. The van der Waals surface area contributed by atoms with Crippen LogP contribution < -0.4 is 15.6 Å². The second-order valence-electron chi connectivity index (χ2n) is 7.81. The number of nitrogens with zero attached hydrogens (tertiary/aromatic N) is 3. The maximum atomic E-state index is 14.4. The van der Waals surface area contributed by atoms with Gasteiger partial charge in [-0.3, -0.25) is 9.36 Å². The van der Waals surface area contributed by atoms with Crippen LogP contribution in [0.25, 0.3) is 27.2 Å². The van der Waals surface area contributed by atoms with Crippen molar-refractivity contribution < 1.29 is 13.5 Å². The van der Waals surface area contributed by atoms with Gasteiger partial charge in [0.05, 0.1) is 24.9 Å². The molecular formula is C24H22F2N4O2. The maximum absolute atomic E-state index is 14.4. The topological polar surface area (TPSA) is 60.5 Å². The van der Waals surface area contributed by atoms with E-state index in [2.05, 4.69) is 10.2 Å². The summed E-state index contributed by atoms with van der Waals surface area (Å²) in [4.78, 5) is 21.3. The third-order valence-electron chi connectivity index (χ3n) is 5.81. The van der Waals surface area contributed by atoms with Crippen LogP contribution in [0, 0.1) is 24.1 Å². The van der Waals surface area contributed by atoms with Gasteiger partial charge < -0.3 is 10.1 Å². The quantitative estimate of drug-likeness (QED) is 0.591. The van der Waals surface area contributed by atoms with Gasteiger partial charge in [-0.05, 0) is 49.2 Å². The fourth-order valence-corrected chi connectivity index (χ4v) is 3.79. The number of nitrogens with one attached hydrogen (secondary N) is 1. The average molecular weight is 436 g/mol. The zero-order valence-corrected chi connectivity index (χ0v) is 17.8. The summed E-state index contributed by atoms with van der Waals surface area (Å²) in [7, 11) is 3.00. The van der Waals surface area contributed by atoms with Crippen molar-refractivity contribution in [1.82, 2.24) is 14.9 Å². The summed E-state index contributed by atoms with van der Waals surface area (Å²) >= 11 is 0. The number of benzene rings is 2. The van der Waals surface area contributed by atoms with Gasteiger partial charge in [0.2, 0.25) is 5.69 Å². The van der Waals surface area contributed by atoms with Crippen molar-refractivity contribution in [2.24, 2.45) is 13.0 Å². The number of methoxy groups -OCH3 is 1. The lowest BCUT2D eigenvalue weighted by atomic mass is 9.96. The minimum Gasteiger partial charge on any atom is -0.494 e. The first-order chi connectivity index (χ1) is 15.4. The van der Waals surface area contributed by atoms with Crippen molar-refractivity contribution in [1.29, 1.82) is 0 Å². The molecule has 6 nitrogen and oxygen atoms in total. The normalized spacial score (nSPS) is 13.5. The Hall–Kier alpha value is -3.57. The molecule has 0 unspecified atom stereocenters. The molecule has 32 heavy (non-hydrogen) atoms. The van der Waals surface area contributed by atoms with E-state index in [-0.39, 0.29) is 28.3 Å². The summed E-state index contributed by atoms with van der Waals surface area (Å²) in [6, 6.07) is 8.33. The molecule has 164 valence electrons. The minimum absolute atomic E-state index is 0.0539. The first-order valence-corrected chi connectivity index (χ1v) is 10.2. The van der Waals surface area contributed by atoms with Crippen molar-refractivity contribution in [2.75, 3.05) is 20.2 Å². The average Bonchev–Trinajstić information content (AvgIpc) is 2.75. The highest BCUT2D eigenvalue weighted by Crippen LogP contribution is 2.33. The summed E-state index contributed by atoms with van der Waals surface area (Å²) in [5, 5.41) is 3.22. The van der Waals surface area contributed by atoms with Gasteiger partial charge in [-0.25, -0.2) is 18.6 Å². The molecule has 0 bridgehead atoms. The first-order valence-electron chi connectivity index (χ1n) is 10.2. The van der Waals surface area contributed by atoms with Crippen LogP contribution in [-0.4, -0.2) is 29.8 Å². The summed E-state index contributed by atoms with van der Waals surface area (Å²) in [5.41, 5.74) is 0.623. The SMILES string of the molecule is [C-]#[N+]c1ccc(-c2nc(CCC3CNC3)n(C)c(=O)c2-c2ccc(OC)c(F)c2)cc1F. The molecule has 0 spiro atoms. The van der Waals surface area contributed by atoms with Crippen LogP contribution in [0.3, 0.4) is 0 Å². The molecule has 2 aromatic carbocycles. The Morgan fingerprint density at radius 2 is 1.91 bits per heavy atom. The lowest BCUT2D eigenvalue weighted by Gasteiger charge is -2.27. The van der Waals surface area contributed by atoms with E-state index < -0.39 is 11.6 Å². The number of aromatic nitrogens is 2. The van der Waals surface area contributed by atoms with E-state index in [1.54, 1.807) is 19.2 Å². The van der Waals surface area contributed by atoms with Gasteiger partial charge in [-0.2, -0.15) is 0 Å². The van der Waals surface area contributed by atoms with E-state index in [0.29, 0.717) is 29.3 Å². The van der Waals surface area contributed by atoms with E-state index >= 15 is 0 Å². The molecule has 1 fully saturated rings. The van der Waals surface area contributed by atoms with Gasteiger partial charge in [0, 0.05) is 19.0 Å².